The predicted molar refractivity (Wildman–Crippen MR) is 163 cm³/mol. The lowest BCUT2D eigenvalue weighted by Gasteiger charge is -2.18. The van der Waals surface area contributed by atoms with E-state index >= 15 is 0 Å². The van der Waals surface area contributed by atoms with Crippen molar-refractivity contribution in [3.05, 3.63) is 71.4 Å². The number of rotatable bonds is 8. The fourth-order valence-electron chi connectivity index (χ4n) is 4.38. The summed E-state index contributed by atoms with van der Waals surface area (Å²) in [6.07, 6.45) is 0.740. The van der Waals surface area contributed by atoms with Gasteiger partial charge in [-0.2, -0.15) is 5.10 Å². The van der Waals surface area contributed by atoms with E-state index in [4.69, 9.17) is 9.47 Å². The summed E-state index contributed by atoms with van der Waals surface area (Å²) in [6.45, 7) is 10.4. The summed E-state index contributed by atoms with van der Waals surface area (Å²) in [5, 5.41) is 7.25. The molecule has 2 aromatic carbocycles. The van der Waals surface area contributed by atoms with E-state index in [1.165, 1.54) is 11.1 Å². The molecule has 0 unspecified atom stereocenters. The van der Waals surface area contributed by atoms with Gasteiger partial charge in [0.25, 0.3) is 11.1 Å². The van der Waals surface area contributed by atoms with Crippen LogP contribution >= 0.6 is 12.6 Å². The highest BCUT2D eigenvalue weighted by molar-refractivity contribution is 7.96. The summed E-state index contributed by atoms with van der Waals surface area (Å²) in [5.41, 5.74) is 5.53. The van der Waals surface area contributed by atoms with Gasteiger partial charge in [-0.15, -0.1) is 0 Å². The number of carbonyl (C=O) groups is 3. The number of fused-ring (bicyclic) bond motifs is 1. The molecule has 2 atom stereocenters. The molecule has 1 saturated heterocycles. The number of amides is 3. The minimum Gasteiger partial charge on any atom is -0.489 e. The molecule has 0 aliphatic carbocycles. The first-order valence-electron chi connectivity index (χ1n) is 13.6. The molecule has 0 spiro atoms. The lowest BCUT2D eigenvalue weighted by atomic mass is 10.0. The van der Waals surface area contributed by atoms with Gasteiger partial charge in [0, 0.05) is 47.4 Å². The van der Waals surface area contributed by atoms with Crippen molar-refractivity contribution in [2.75, 3.05) is 13.1 Å². The Bertz CT molecular complexity index is 1380. The number of nitrogens with zero attached hydrogens (tertiary/aromatic N) is 3. The fraction of sp³-hybridized carbons (Fsp3) is 0.367. The van der Waals surface area contributed by atoms with Gasteiger partial charge >= 0.3 is 6.09 Å². The van der Waals surface area contributed by atoms with Crippen molar-refractivity contribution in [3.63, 3.8) is 0 Å². The average molecular weight is 580 g/mol. The van der Waals surface area contributed by atoms with Crippen molar-refractivity contribution < 1.29 is 23.9 Å². The van der Waals surface area contributed by atoms with Gasteiger partial charge in [0.1, 0.15) is 12.4 Å². The van der Waals surface area contributed by atoms with Crippen LogP contribution in [0, 0.1) is 12.8 Å². The number of nitrogens with one attached hydrogen (secondary N) is 2. The number of benzene rings is 2. The molecule has 1 aliphatic rings. The summed E-state index contributed by atoms with van der Waals surface area (Å²) in [4.78, 5) is 42.6. The molecule has 41 heavy (non-hydrogen) atoms. The quantitative estimate of drug-likeness (QED) is 0.188. The highest BCUT2D eigenvalue weighted by Crippen LogP contribution is 2.22. The van der Waals surface area contributed by atoms with Crippen molar-refractivity contribution >= 4 is 47.0 Å². The van der Waals surface area contributed by atoms with Crippen LogP contribution in [0.25, 0.3) is 10.9 Å². The van der Waals surface area contributed by atoms with E-state index in [9.17, 15) is 14.4 Å². The molecule has 1 aliphatic heterocycles. The maximum atomic E-state index is 13.0. The molecule has 1 fully saturated rings. The summed E-state index contributed by atoms with van der Waals surface area (Å²) in [7, 11) is 0. The molecule has 3 amide bonds. The third-order valence-electron chi connectivity index (χ3n) is 6.14. The zero-order chi connectivity index (χ0) is 29.9. The minimum atomic E-state index is -0.615. The van der Waals surface area contributed by atoms with E-state index in [1.54, 1.807) is 38.1 Å². The smallest absolute Gasteiger partial charge is 0.410 e. The number of pyridine rings is 1. The molecule has 0 bridgehead atoms. The molecule has 1 aromatic heterocycles. The number of carbonyl (C=O) groups excluding carboxylic acids is 3. The van der Waals surface area contributed by atoms with Crippen LogP contribution in [0.1, 0.15) is 49.3 Å². The van der Waals surface area contributed by atoms with Crippen LogP contribution in [-0.4, -0.2) is 58.6 Å². The number of para-hydroxylation sites is 1. The molecular weight excluding hydrogens is 542 g/mol. The third kappa shape index (κ3) is 8.94. The van der Waals surface area contributed by atoms with E-state index < -0.39 is 17.4 Å². The van der Waals surface area contributed by atoms with Crippen LogP contribution in [0.5, 0.6) is 5.75 Å². The van der Waals surface area contributed by atoms with Crippen LogP contribution in [-0.2, 0) is 11.3 Å². The Kier molecular flexibility index (Phi) is 11.5. The van der Waals surface area contributed by atoms with Gasteiger partial charge in [0.15, 0.2) is 0 Å². The summed E-state index contributed by atoms with van der Waals surface area (Å²) < 4.78 is 11.3. The van der Waals surface area contributed by atoms with Gasteiger partial charge < -0.3 is 19.7 Å². The van der Waals surface area contributed by atoms with Crippen LogP contribution in [0.3, 0.4) is 0 Å². The number of likely N-dealkylation sites (tertiary alicyclic amines) is 1. The standard InChI is InChI=1S/C28H31N5O5S.C2H6/c1-17(2)38-28(36)33-14-21(13-29-32-27(35)39)25(15-33)31-26(34)19-8-10-22(11-9-19)37-16-20-12-18(3)30-24-7-5-4-6-23(20)24;1-2/h4-13,17,21,25H,14-16H2,1-3H3,(H,31,34)(H2,32,35,39);1-2H3/b29-13+;/t21-,25+;/m0./s1. The Hall–Kier alpha value is -4.12. The number of hydrogen-bond acceptors (Lipinski definition) is 7. The predicted octanol–water partition coefficient (Wildman–Crippen LogP) is 5.35. The van der Waals surface area contributed by atoms with Crippen molar-refractivity contribution in [1.82, 2.24) is 20.6 Å². The molecule has 10 nitrogen and oxygen atoms in total. The number of thiol groups is 1. The van der Waals surface area contributed by atoms with Crippen LogP contribution < -0.4 is 15.5 Å². The molecule has 0 radical (unpaired) electrons. The molecule has 218 valence electrons. The Labute approximate surface area is 245 Å². The Morgan fingerprint density at radius 1 is 1.12 bits per heavy atom. The number of hydrogen-bond donors (Lipinski definition) is 3. The second kappa shape index (κ2) is 15.0. The Morgan fingerprint density at radius 3 is 2.51 bits per heavy atom. The number of aryl methyl sites for hydroxylation is 1. The van der Waals surface area contributed by atoms with Gasteiger partial charge in [-0.3, -0.25) is 14.6 Å². The van der Waals surface area contributed by atoms with Gasteiger partial charge in [0.2, 0.25) is 0 Å². The van der Waals surface area contributed by atoms with Crippen LogP contribution in [0.4, 0.5) is 9.59 Å². The van der Waals surface area contributed by atoms with Crippen LogP contribution in [0.2, 0.25) is 0 Å². The molecular formula is C30H37N5O5S. The van der Waals surface area contributed by atoms with E-state index in [1.807, 2.05) is 51.1 Å². The summed E-state index contributed by atoms with van der Waals surface area (Å²) >= 11 is 3.62. The van der Waals surface area contributed by atoms with Crippen molar-refractivity contribution in [2.24, 2.45) is 11.0 Å². The van der Waals surface area contributed by atoms with E-state index in [0.29, 0.717) is 17.9 Å². The highest BCUT2D eigenvalue weighted by Gasteiger charge is 2.36. The van der Waals surface area contributed by atoms with E-state index in [0.717, 1.165) is 22.2 Å². The SMILES string of the molecule is CC.Cc1cc(COc2ccc(C(=O)N[C@@H]3CN(C(=O)OC(C)C)C[C@@H]3/C=N/NC(=O)S)cc2)c2ccccc2n1. The van der Waals surface area contributed by atoms with Gasteiger partial charge in [-0.05, 0) is 57.2 Å². The Morgan fingerprint density at radius 2 is 1.83 bits per heavy atom. The fourth-order valence-corrected chi connectivity index (χ4v) is 4.43. The number of hydrazone groups is 1. The lowest BCUT2D eigenvalue weighted by molar-refractivity contribution is 0.0815. The monoisotopic (exact) mass is 579 g/mol. The lowest BCUT2D eigenvalue weighted by Crippen LogP contribution is -2.41. The van der Waals surface area contributed by atoms with Crippen molar-refractivity contribution in [1.29, 1.82) is 0 Å². The first-order chi connectivity index (χ1) is 19.7. The van der Waals surface area contributed by atoms with E-state index in [-0.39, 0.29) is 31.0 Å². The van der Waals surface area contributed by atoms with Gasteiger partial charge in [-0.25, -0.2) is 10.2 Å². The maximum absolute atomic E-state index is 13.0. The molecule has 2 N–H and O–H groups in total. The van der Waals surface area contributed by atoms with Crippen molar-refractivity contribution in [3.8, 4) is 5.75 Å². The number of ether oxygens (including phenoxy) is 2. The zero-order valence-corrected chi connectivity index (χ0v) is 24.9. The molecule has 3 aromatic rings. The maximum Gasteiger partial charge on any atom is 0.410 e. The summed E-state index contributed by atoms with van der Waals surface area (Å²) in [6, 6.07) is 16.4. The molecule has 2 heterocycles. The third-order valence-corrected chi connectivity index (χ3v) is 6.24. The largest absolute Gasteiger partial charge is 0.489 e. The first kappa shape index (κ1) is 31.4. The second-order valence-corrected chi connectivity index (χ2v) is 9.94. The average Bonchev–Trinajstić information content (AvgIpc) is 3.35. The second-order valence-electron chi connectivity index (χ2n) is 9.53. The van der Waals surface area contributed by atoms with Crippen molar-refractivity contribution in [2.45, 2.75) is 53.4 Å². The first-order valence-corrected chi connectivity index (χ1v) is 14.0. The van der Waals surface area contributed by atoms with Crippen LogP contribution in [0.15, 0.2) is 59.7 Å². The van der Waals surface area contributed by atoms with Gasteiger partial charge in [-0.1, -0.05) is 44.7 Å². The normalized spacial score (nSPS) is 16.3. The van der Waals surface area contributed by atoms with Gasteiger partial charge in [0.05, 0.1) is 17.7 Å². The highest BCUT2D eigenvalue weighted by atomic mass is 32.1. The zero-order valence-electron chi connectivity index (χ0n) is 24.0. The van der Waals surface area contributed by atoms with E-state index in [2.05, 4.69) is 33.5 Å². The Balaban J connectivity index is 0.00000226. The number of aromatic nitrogens is 1. The molecule has 0 saturated carbocycles. The molecule has 4 rings (SSSR count). The minimum absolute atomic E-state index is 0.239. The summed E-state index contributed by atoms with van der Waals surface area (Å²) in [5.74, 6) is -0.0193. The molecule has 11 heteroatoms. The topological polar surface area (TPSA) is 122 Å².